The molecule has 0 spiro atoms. The summed E-state index contributed by atoms with van der Waals surface area (Å²) in [5.74, 6) is 1.76. The van der Waals surface area contributed by atoms with Gasteiger partial charge in [0.25, 0.3) is 0 Å². The normalized spacial score (nSPS) is 16.1. The van der Waals surface area contributed by atoms with Crippen LogP contribution < -0.4 is 4.74 Å². The van der Waals surface area contributed by atoms with Gasteiger partial charge in [0, 0.05) is 26.2 Å². The first kappa shape index (κ1) is 22.2. The number of benzene rings is 2. The number of rotatable bonds is 7. The minimum Gasteiger partial charge on any atom is -0.494 e. The summed E-state index contributed by atoms with van der Waals surface area (Å²) in [5.41, 5.74) is 2.37. The van der Waals surface area contributed by atoms with Gasteiger partial charge in [-0.2, -0.15) is 0 Å². The van der Waals surface area contributed by atoms with E-state index in [-0.39, 0.29) is 18.4 Å². The molecule has 1 atom stereocenters. The van der Waals surface area contributed by atoms with E-state index >= 15 is 0 Å². The second-order valence-electron chi connectivity index (χ2n) is 7.42. The highest BCUT2D eigenvalue weighted by molar-refractivity contribution is 5.85. The molecule has 7 nitrogen and oxygen atoms in total. The third-order valence-corrected chi connectivity index (χ3v) is 5.39. The number of tetrazole rings is 1. The third-order valence-electron chi connectivity index (χ3n) is 5.39. The summed E-state index contributed by atoms with van der Waals surface area (Å²) in [6, 6.07) is 18.7. The van der Waals surface area contributed by atoms with Crippen molar-refractivity contribution in [3.63, 3.8) is 0 Å². The molecule has 1 unspecified atom stereocenters. The number of piperazine rings is 1. The first-order valence-electron chi connectivity index (χ1n) is 10.2. The monoisotopic (exact) mass is 428 g/mol. The second kappa shape index (κ2) is 10.5. The molecule has 3 aromatic rings. The molecule has 0 bridgehead atoms. The Labute approximate surface area is 184 Å². The van der Waals surface area contributed by atoms with Crippen LogP contribution in [0, 0.1) is 0 Å². The van der Waals surface area contributed by atoms with Crippen LogP contribution in [-0.2, 0) is 6.54 Å². The predicted molar refractivity (Wildman–Crippen MR) is 119 cm³/mol. The number of nitrogens with zero attached hydrogens (tertiary/aromatic N) is 6. The van der Waals surface area contributed by atoms with Crippen LogP contribution in [0.15, 0.2) is 54.6 Å². The van der Waals surface area contributed by atoms with E-state index in [1.54, 1.807) is 0 Å². The van der Waals surface area contributed by atoms with Crippen LogP contribution in [0.25, 0.3) is 0 Å². The molecule has 8 heteroatoms. The van der Waals surface area contributed by atoms with Crippen molar-refractivity contribution in [1.82, 2.24) is 30.0 Å². The molecule has 2 aromatic carbocycles. The zero-order chi connectivity index (χ0) is 20.1. The average molecular weight is 429 g/mol. The molecule has 0 radical (unpaired) electrons. The fourth-order valence-electron chi connectivity index (χ4n) is 3.79. The number of ether oxygens (including phenoxy) is 1. The lowest BCUT2D eigenvalue weighted by Crippen LogP contribution is -2.46. The van der Waals surface area contributed by atoms with Gasteiger partial charge in [-0.15, -0.1) is 17.5 Å². The molecule has 1 fully saturated rings. The average Bonchev–Trinajstić information content (AvgIpc) is 3.19. The summed E-state index contributed by atoms with van der Waals surface area (Å²) in [7, 11) is 2.17. The number of hydrogen-bond acceptors (Lipinski definition) is 6. The van der Waals surface area contributed by atoms with Crippen molar-refractivity contribution in [2.45, 2.75) is 19.5 Å². The molecule has 160 valence electrons. The van der Waals surface area contributed by atoms with Gasteiger partial charge in [-0.25, -0.2) is 4.68 Å². The Balaban J connectivity index is 0.00000256. The van der Waals surface area contributed by atoms with Crippen molar-refractivity contribution in [2.24, 2.45) is 0 Å². The molecule has 2 heterocycles. The smallest absolute Gasteiger partial charge is 0.173 e. The first-order valence-corrected chi connectivity index (χ1v) is 10.2. The summed E-state index contributed by atoms with van der Waals surface area (Å²) in [6.45, 7) is 7.35. The molecule has 0 aliphatic carbocycles. The van der Waals surface area contributed by atoms with E-state index in [9.17, 15) is 0 Å². The predicted octanol–water partition coefficient (Wildman–Crippen LogP) is 2.88. The number of aromatic nitrogens is 4. The van der Waals surface area contributed by atoms with Crippen molar-refractivity contribution in [1.29, 1.82) is 0 Å². The summed E-state index contributed by atoms with van der Waals surface area (Å²) in [4.78, 5) is 4.83. The van der Waals surface area contributed by atoms with E-state index < -0.39 is 0 Å². The molecule has 4 rings (SSSR count). The Hall–Kier alpha value is -2.48. The SMILES string of the molecule is CCOc1ccc(C(c2nnnn2Cc2ccccc2)N2CCN(C)CC2)cc1.Cl. The number of likely N-dealkylation sites (N-methyl/N-ethyl adjacent to an activating group) is 1. The molecule has 1 aliphatic heterocycles. The van der Waals surface area contributed by atoms with Gasteiger partial charge < -0.3 is 9.64 Å². The van der Waals surface area contributed by atoms with E-state index in [0.29, 0.717) is 13.2 Å². The summed E-state index contributed by atoms with van der Waals surface area (Å²) in [5, 5.41) is 12.8. The quantitative estimate of drug-likeness (QED) is 0.576. The molecular formula is C22H29ClN6O. The van der Waals surface area contributed by atoms with Gasteiger partial charge in [0.05, 0.1) is 19.2 Å². The highest BCUT2D eigenvalue weighted by Crippen LogP contribution is 2.29. The fraction of sp³-hybridized carbons (Fsp3) is 0.409. The van der Waals surface area contributed by atoms with Crippen LogP contribution in [0.1, 0.15) is 29.9 Å². The minimum atomic E-state index is 0. The first-order chi connectivity index (χ1) is 14.2. The second-order valence-corrected chi connectivity index (χ2v) is 7.42. The summed E-state index contributed by atoms with van der Waals surface area (Å²) < 4.78 is 7.55. The Morgan fingerprint density at radius 2 is 1.67 bits per heavy atom. The van der Waals surface area contributed by atoms with Crippen molar-refractivity contribution in [3.05, 3.63) is 71.5 Å². The van der Waals surface area contributed by atoms with E-state index in [2.05, 4.69) is 56.6 Å². The Kier molecular flexibility index (Phi) is 7.79. The topological polar surface area (TPSA) is 59.3 Å². The lowest BCUT2D eigenvalue weighted by molar-refractivity contribution is 0.121. The van der Waals surface area contributed by atoms with Crippen molar-refractivity contribution in [3.8, 4) is 5.75 Å². The van der Waals surface area contributed by atoms with Crippen LogP contribution >= 0.6 is 12.4 Å². The standard InChI is InChI=1S/C22H28N6O.ClH/c1-3-29-20-11-9-19(10-12-20)21(27-15-13-26(2)14-16-27)22-23-24-25-28(22)17-18-7-5-4-6-8-18;/h4-12,21H,3,13-17H2,1-2H3;1H. The van der Waals surface area contributed by atoms with Gasteiger partial charge in [0.1, 0.15) is 5.75 Å². The van der Waals surface area contributed by atoms with Gasteiger partial charge in [0.2, 0.25) is 0 Å². The maximum absolute atomic E-state index is 5.63. The lowest BCUT2D eigenvalue weighted by atomic mass is 10.0. The van der Waals surface area contributed by atoms with Crippen LogP contribution in [0.4, 0.5) is 0 Å². The largest absolute Gasteiger partial charge is 0.494 e. The maximum atomic E-state index is 5.63. The Morgan fingerprint density at radius 3 is 2.33 bits per heavy atom. The van der Waals surface area contributed by atoms with Crippen molar-refractivity contribution < 1.29 is 4.74 Å². The van der Waals surface area contributed by atoms with E-state index in [1.165, 1.54) is 11.1 Å². The molecule has 0 N–H and O–H groups in total. The van der Waals surface area contributed by atoms with Crippen LogP contribution in [0.2, 0.25) is 0 Å². The Bertz CT molecular complexity index is 894. The van der Waals surface area contributed by atoms with Crippen LogP contribution in [-0.4, -0.2) is 69.8 Å². The highest BCUT2D eigenvalue weighted by atomic mass is 35.5. The molecule has 1 saturated heterocycles. The molecular weight excluding hydrogens is 400 g/mol. The van der Waals surface area contributed by atoms with Crippen LogP contribution in [0.5, 0.6) is 5.75 Å². The van der Waals surface area contributed by atoms with Gasteiger partial charge in [-0.05, 0) is 47.7 Å². The zero-order valence-electron chi connectivity index (χ0n) is 17.5. The van der Waals surface area contributed by atoms with Gasteiger partial charge >= 0.3 is 0 Å². The van der Waals surface area contributed by atoms with E-state index in [0.717, 1.165) is 37.8 Å². The van der Waals surface area contributed by atoms with Crippen LogP contribution in [0.3, 0.4) is 0 Å². The summed E-state index contributed by atoms with van der Waals surface area (Å²) in [6.07, 6.45) is 0. The molecule has 1 aromatic heterocycles. The van der Waals surface area contributed by atoms with Gasteiger partial charge in [-0.1, -0.05) is 42.5 Å². The third kappa shape index (κ3) is 5.16. The molecule has 30 heavy (non-hydrogen) atoms. The zero-order valence-corrected chi connectivity index (χ0v) is 18.3. The van der Waals surface area contributed by atoms with E-state index in [1.807, 2.05) is 41.9 Å². The molecule has 0 saturated carbocycles. The summed E-state index contributed by atoms with van der Waals surface area (Å²) >= 11 is 0. The van der Waals surface area contributed by atoms with Crippen molar-refractivity contribution in [2.75, 3.05) is 39.8 Å². The van der Waals surface area contributed by atoms with Gasteiger partial charge in [0.15, 0.2) is 5.82 Å². The fourth-order valence-corrected chi connectivity index (χ4v) is 3.79. The number of hydrogen-bond donors (Lipinski definition) is 0. The lowest BCUT2D eigenvalue weighted by Gasteiger charge is -2.37. The number of halogens is 1. The molecule has 0 amide bonds. The maximum Gasteiger partial charge on any atom is 0.173 e. The van der Waals surface area contributed by atoms with Crippen molar-refractivity contribution >= 4 is 12.4 Å². The van der Waals surface area contributed by atoms with E-state index in [4.69, 9.17) is 4.74 Å². The minimum absolute atomic E-state index is 0. The molecule has 1 aliphatic rings. The Morgan fingerprint density at radius 1 is 0.967 bits per heavy atom. The van der Waals surface area contributed by atoms with Gasteiger partial charge in [-0.3, -0.25) is 4.90 Å². The highest BCUT2D eigenvalue weighted by Gasteiger charge is 2.30.